The third-order valence-electron chi connectivity index (χ3n) is 3.70. The van der Waals surface area contributed by atoms with Crippen molar-refractivity contribution in [1.82, 2.24) is 9.78 Å². The van der Waals surface area contributed by atoms with Crippen molar-refractivity contribution in [2.75, 3.05) is 5.32 Å². The van der Waals surface area contributed by atoms with Crippen LogP contribution in [-0.4, -0.2) is 22.3 Å². The SMILES string of the molecule is Cc1ccc(OC(F)F)c(NC(=O)C(C)n2nc(C(F)(F)F)c(Cl)c2C)c1. The average Bonchev–Trinajstić information content (AvgIpc) is 2.84. The molecule has 0 aliphatic rings. The van der Waals surface area contributed by atoms with Gasteiger partial charge in [-0.15, -0.1) is 0 Å². The van der Waals surface area contributed by atoms with E-state index in [9.17, 15) is 26.7 Å². The number of ether oxygens (including phenoxy) is 1. The Bertz CT molecular complexity index is 851. The molecule has 0 saturated carbocycles. The molecule has 148 valence electrons. The van der Waals surface area contributed by atoms with E-state index in [1.807, 2.05) is 0 Å². The highest BCUT2D eigenvalue weighted by molar-refractivity contribution is 6.32. The Kier molecular flexibility index (Phi) is 5.98. The number of nitrogens with zero attached hydrogens (tertiary/aromatic N) is 2. The van der Waals surface area contributed by atoms with E-state index < -0.39 is 35.5 Å². The van der Waals surface area contributed by atoms with E-state index in [-0.39, 0.29) is 17.1 Å². The van der Waals surface area contributed by atoms with Crippen LogP contribution in [0.4, 0.5) is 27.6 Å². The van der Waals surface area contributed by atoms with E-state index in [4.69, 9.17) is 11.6 Å². The minimum Gasteiger partial charge on any atom is -0.433 e. The first-order chi connectivity index (χ1) is 12.4. The van der Waals surface area contributed by atoms with E-state index in [0.717, 1.165) is 4.68 Å². The van der Waals surface area contributed by atoms with Gasteiger partial charge in [0.2, 0.25) is 5.91 Å². The van der Waals surface area contributed by atoms with Gasteiger partial charge in [0.25, 0.3) is 0 Å². The van der Waals surface area contributed by atoms with E-state index in [1.165, 1.54) is 32.0 Å². The molecule has 0 saturated heterocycles. The van der Waals surface area contributed by atoms with Crippen molar-refractivity contribution in [3.8, 4) is 5.75 Å². The predicted molar refractivity (Wildman–Crippen MR) is 88.1 cm³/mol. The summed E-state index contributed by atoms with van der Waals surface area (Å²) in [6.45, 7) is 1.14. The van der Waals surface area contributed by atoms with Gasteiger partial charge in [0.15, 0.2) is 5.69 Å². The van der Waals surface area contributed by atoms with Crippen LogP contribution < -0.4 is 10.1 Å². The van der Waals surface area contributed by atoms with Gasteiger partial charge in [-0.2, -0.15) is 27.1 Å². The minimum atomic E-state index is -4.78. The van der Waals surface area contributed by atoms with Crippen LogP contribution in [0.3, 0.4) is 0 Å². The molecule has 1 aromatic heterocycles. The molecule has 2 aromatic rings. The molecule has 1 aromatic carbocycles. The van der Waals surface area contributed by atoms with Crippen molar-refractivity contribution < 1.29 is 31.5 Å². The molecule has 5 nitrogen and oxygen atoms in total. The maximum atomic E-state index is 12.9. The lowest BCUT2D eigenvalue weighted by Crippen LogP contribution is -2.26. The Hall–Kier alpha value is -2.36. The number of anilines is 1. The van der Waals surface area contributed by atoms with Crippen molar-refractivity contribution in [3.63, 3.8) is 0 Å². The third-order valence-corrected chi connectivity index (χ3v) is 4.15. The molecule has 0 fully saturated rings. The summed E-state index contributed by atoms with van der Waals surface area (Å²) >= 11 is 5.67. The Balaban J connectivity index is 2.31. The summed E-state index contributed by atoms with van der Waals surface area (Å²) in [6.07, 6.45) is -4.78. The number of carbonyl (C=O) groups is 1. The van der Waals surface area contributed by atoms with Crippen LogP contribution in [0.25, 0.3) is 0 Å². The second-order valence-electron chi connectivity index (χ2n) is 5.73. The van der Waals surface area contributed by atoms with E-state index in [2.05, 4.69) is 15.2 Å². The Labute approximate surface area is 156 Å². The van der Waals surface area contributed by atoms with Gasteiger partial charge in [-0.3, -0.25) is 9.48 Å². The molecule has 11 heteroatoms. The standard InChI is InChI=1S/C16H15ClF5N3O2/c1-7-4-5-11(27-15(18)19)10(6-7)23-14(26)9(3)25-8(2)12(17)13(24-25)16(20,21)22/h4-6,9,15H,1-3H3,(H,23,26). The van der Waals surface area contributed by atoms with Crippen molar-refractivity contribution >= 4 is 23.2 Å². The molecule has 0 bridgehead atoms. The molecule has 1 amide bonds. The topological polar surface area (TPSA) is 56.1 Å². The van der Waals surface area contributed by atoms with Crippen molar-refractivity contribution in [2.45, 2.75) is 39.6 Å². The first kappa shape index (κ1) is 20.9. The van der Waals surface area contributed by atoms with Gasteiger partial charge >= 0.3 is 12.8 Å². The van der Waals surface area contributed by atoms with Crippen LogP contribution in [0.2, 0.25) is 5.02 Å². The summed E-state index contributed by atoms with van der Waals surface area (Å²) in [5.74, 6) is -1.06. The van der Waals surface area contributed by atoms with Crippen molar-refractivity contribution in [1.29, 1.82) is 0 Å². The number of hydrogen-bond acceptors (Lipinski definition) is 3. The molecule has 1 atom stereocenters. The fraction of sp³-hybridized carbons (Fsp3) is 0.375. The number of benzene rings is 1. The molecule has 27 heavy (non-hydrogen) atoms. The number of rotatable bonds is 5. The first-order valence-electron chi connectivity index (χ1n) is 7.60. The molecule has 0 radical (unpaired) electrons. The molecular weight excluding hydrogens is 397 g/mol. The van der Waals surface area contributed by atoms with Gasteiger partial charge in [-0.1, -0.05) is 17.7 Å². The summed E-state index contributed by atoms with van der Waals surface area (Å²) < 4.78 is 68.9. The average molecular weight is 412 g/mol. The Morgan fingerprint density at radius 2 is 1.93 bits per heavy atom. The van der Waals surface area contributed by atoms with Gasteiger partial charge in [0.05, 0.1) is 16.4 Å². The lowest BCUT2D eigenvalue weighted by Gasteiger charge is -2.17. The molecule has 0 spiro atoms. The normalized spacial score (nSPS) is 13.0. The van der Waals surface area contributed by atoms with Crippen LogP contribution in [0, 0.1) is 13.8 Å². The van der Waals surface area contributed by atoms with Crippen LogP contribution in [-0.2, 0) is 11.0 Å². The number of alkyl halides is 5. The number of amides is 1. The minimum absolute atomic E-state index is 0.0425. The van der Waals surface area contributed by atoms with E-state index >= 15 is 0 Å². The van der Waals surface area contributed by atoms with Crippen LogP contribution >= 0.6 is 11.6 Å². The number of hydrogen-bond donors (Lipinski definition) is 1. The van der Waals surface area contributed by atoms with Crippen molar-refractivity contribution in [2.24, 2.45) is 0 Å². The molecule has 1 heterocycles. The highest BCUT2D eigenvalue weighted by Crippen LogP contribution is 2.36. The number of halogens is 6. The smallest absolute Gasteiger partial charge is 0.433 e. The van der Waals surface area contributed by atoms with Crippen LogP contribution in [0.15, 0.2) is 18.2 Å². The van der Waals surface area contributed by atoms with Crippen LogP contribution in [0.1, 0.15) is 29.9 Å². The Morgan fingerprint density at radius 1 is 1.30 bits per heavy atom. The van der Waals surface area contributed by atoms with Gasteiger partial charge in [0, 0.05) is 0 Å². The highest BCUT2D eigenvalue weighted by Gasteiger charge is 2.39. The predicted octanol–water partition coefficient (Wildman–Crippen LogP) is 4.97. The lowest BCUT2D eigenvalue weighted by molar-refractivity contribution is -0.141. The first-order valence-corrected chi connectivity index (χ1v) is 7.97. The molecule has 0 aliphatic carbocycles. The fourth-order valence-corrected chi connectivity index (χ4v) is 2.58. The van der Waals surface area contributed by atoms with Crippen molar-refractivity contribution in [3.05, 3.63) is 40.2 Å². The molecule has 1 N–H and O–H groups in total. The molecule has 2 rings (SSSR count). The molecule has 0 aliphatic heterocycles. The number of carbonyl (C=O) groups excluding carboxylic acids is 1. The molecule has 1 unspecified atom stereocenters. The van der Waals surface area contributed by atoms with Gasteiger partial charge in [-0.05, 0) is 38.5 Å². The van der Waals surface area contributed by atoms with Gasteiger partial charge in [-0.25, -0.2) is 0 Å². The highest BCUT2D eigenvalue weighted by atomic mass is 35.5. The lowest BCUT2D eigenvalue weighted by atomic mass is 10.2. The summed E-state index contributed by atoms with van der Waals surface area (Å²) in [6, 6.07) is 2.95. The largest absolute Gasteiger partial charge is 0.436 e. The zero-order chi connectivity index (χ0) is 20.5. The fourth-order valence-electron chi connectivity index (χ4n) is 2.35. The zero-order valence-corrected chi connectivity index (χ0v) is 15.1. The zero-order valence-electron chi connectivity index (χ0n) is 14.4. The number of nitrogens with one attached hydrogen (secondary N) is 1. The second kappa shape index (κ2) is 7.71. The van der Waals surface area contributed by atoms with Gasteiger partial charge < -0.3 is 10.1 Å². The summed E-state index contributed by atoms with van der Waals surface area (Å²) in [4.78, 5) is 12.4. The summed E-state index contributed by atoms with van der Waals surface area (Å²) in [5.41, 5.74) is -0.755. The van der Waals surface area contributed by atoms with E-state index in [0.29, 0.717) is 5.56 Å². The molecular formula is C16H15ClF5N3O2. The second-order valence-corrected chi connectivity index (χ2v) is 6.11. The maximum absolute atomic E-state index is 12.9. The monoisotopic (exact) mass is 411 g/mol. The number of aromatic nitrogens is 2. The Morgan fingerprint density at radius 3 is 2.44 bits per heavy atom. The maximum Gasteiger partial charge on any atom is 0.436 e. The third kappa shape index (κ3) is 4.68. The van der Waals surface area contributed by atoms with E-state index in [1.54, 1.807) is 6.92 Å². The number of aryl methyl sites for hydroxylation is 1. The quantitative estimate of drug-likeness (QED) is 0.706. The summed E-state index contributed by atoms with van der Waals surface area (Å²) in [5, 5.41) is 5.13. The van der Waals surface area contributed by atoms with Gasteiger partial charge in [0.1, 0.15) is 11.8 Å². The van der Waals surface area contributed by atoms with Crippen LogP contribution in [0.5, 0.6) is 5.75 Å². The summed E-state index contributed by atoms with van der Waals surface area (Å²) in [7, 11) is 0.